The fourth-order valence-corrected chi connectivity index (χ4v) is 3.62. The van der Waals surface area contributed by atoms with Gasteiger partial charge in [0.05, 0.1) is 17.6 Å². The summed E-state index contributed by atoms with van der Waals surface area (Å²) >= 11 is 0. The molecule has 1 aromatic carbocycles. The zero-order valence-corrected chi connectivity index (χ0v) is 12.9. The van der Waals surface area contributed by atoms with Crippen LogP contribution in [0.3, 0.4) is 0 Å². The number of aliphatic hydroxyl groups excluding tert-OH is 1. The molecule has 2 atom stereocenters. The van der Waals surface area contributed by atoms with Crippen molar-refractivity contribution in [1.82, 2.24) is 9.62 Å². The van der Waals surface area contributed by atoms with Crippen molar-refractivity contribution in [3.05, 3.63) is 30.3 Å². The molecule has 1 saturated heterocycles. The van der Waals surface area contributed by atoms with Crippen molar-refractivity contribution in [3.8, 4) is 0 Å². The summed E-state index contributed by atoms with van der Waals surface area (Å²) < 4.78 is 32.0. The summed E-state index contributed by atoms with van der Waals surface area (Å²) in [6, 6.07) is 8.34. The highest BCUT2D eigenvalue weighted by Gasteiger charge is 2.31. The Morgan fingerprint density at radius 3 is 2.71 bits per heavy atom. The number of aliphatic hydroxyl groups is 1. The first-order valence-electron chi connectivity index (χ1n) is 6.99. The van der Waals surface area contributed by atoms with Gasteiger partial charge in [-0.05, 0) is 18.6 Å². The molecule has 21 heavy (non-hydrogen) atoms. The van der Waals surface area contributed by atoms with Crippen LogP contribution in [0.5, 0.6) is 0 Å². The first kappa shape index (κ1) is 16.4. The second-order valence-electron chi connectivity index (χ2n) is 5.14. The summed E-state index contributed by atoms with van der Waals surface area (Å²) in [5, 5.41) is 9.35. The van der Waals surface area contributed by atoms with E-state index in [1.54, 1.807) is 37.4 Å². The molecule has 1 heterocycles. The van der Waals surface area contributed by atoms with Crippen LogP contribution in [-0.2, 0) is 14.8 Å². The van der Waals surface area contributed by atoms with Gasteiger partial charge in [0.1, 0.15) is 0 Å². The fraction of sp³-hybridized carbons (Fsp3) is 0.571. The summed E-state index contributed by atoms with van der Waals surface area (Å²) in [5.41, 5.74) is 0. The molecule has 1 aliphatic heterocycles. The van der Waals surface area contributed by atoms with Crippen LogP contribution in [0.1, 0.15) is 6.42 Å². The minimum absolute atomic E-state index is 0.0381. The lowest BCUT2D eigenvalue weighted by Crippen LogP contribution is -2.39. The zero-order valence-electron chi connectivity index (χ0n) is 12.1. The highest BCUT2D eigenvalue weighted by molar-refractivity contribution is 7.89. The maximum Gasteiger partial charge on any atom is 0.240 e. The highest BCUT2D eigenvalue weighted by Crippen LogP contribution is 2.19. The Kier molecular flexibility index (Phi) is 5.72. The van der Waals surface area contributed by atoms with E-state index in [9.17, 15) is 13.5 Å². The molecular formula is C14H22N2O4S. The van der Waals surface area contributed by atoms with Gasteiger partial charge in [-0.15, -0.1) is 0 Å². The summed E-state index contributed by atoms with van der Waals surface area (Å²) in [6.45, 7) is 1.64. The first-order valence-corrected chi connectivity index (χ1v) is 8.47. The van der Waals surface area contributed by atoms with Gasteiger partial charge in [-0.2, -0.15) is 0 Å². The van der Waals surface area contributed by atoms with Gasteiger partial charge in [-0.1, -0.05) is 18.2 Å². The standard InChI is InChI=1S/C14H22N2O4S/c1-20-13-9-12(11-17)16(10-13)8-7-15-21(18,19)14-5-3-2-4-6-14/h2-6,12-13,15,17H,7-11H2,1H3/t12-,13+/m0/s1. The lowest BCUT2D eigenvalue weighted by atomic mass is 10.2. The second-order valence-corrected chi connectivity index (χ2v) is 6.90. The predicted octanol–water partition coefficient (Wildman–Crippen LogP) is 0.0465. The van der Waals surface area contributed by atoms with E-state index < -0.39 is 10.0 Å². The lowest BCUT2D eigenvalue weighted by Gasteiger charge is -2.22. The van der Waals surface area contributed by atoms with Crippen LogP contribution in [0.15, 0.2) is 35.2 Å². The van der Waals surface area contributed by atoms with E-state index in [1.165, 1.54) is 0 Å². The van der Waals surface area contributed by atoms with Gasteiger partial charge >= 0.3 is 0 Å². The zero-order chi connectivity index (χ0) is 15.3. The van der Waals surface area contributed by atoms with Crippen LogP contribution in [0.2, 0.25) is 0 Å². The number of likely N-dealkylation sites (tertiary alicyclic amines) is 1. The van der Waals surface area contributed by atoms with E-state index in [0.29, 0.717) is 13.1 Å². The molecule has 6 nitrogen and oxygen atoms in total. The average Bonchev–Trinajstić information content (AvgIpc) is 2.90. The van der Waals surface area contributed by atoms with Crippen LogP contribution in [0.4, 0.5) is 0 Å². The van der Waals surface area contributed by atoms with E-state index >= 15 is 0 Å². The molecular weight excluding hydrogens is 292 g/mol. The van der Waals surface area contributed by atoms with Gasteiger partial charge in [-0.3, -0.25) is 4.90 Å². The molecule has 1 fully saturated rings. The summed E-state index contributed by atoms with van der Waals surface area (Å²) in [7, 11) is -1.81. The molecule has 0 unspecified atom stereocenters. The van der Waals surface area contributed by atoms with Crippen molar-refractivity contribution in [1.29, 1.82) is 0 Å². The van der Waals surface area contributed by atoms with Crippen molar-refractivity contribution >= 4 is 10.0 Å². The summed E-state index contributed by atoms with van der Waals surface area (Å²) in [4.78, 5) is 2.32. The maximum absolute atomic E-state index is 12.1. The molecule has 2 rings (SSSR count). The van der Waals surface area contributed by atoms with E-state index in [4.69, 9.17) is 4.74 Å². The number of nitrogens with zero attached hydrogens (tertiary/aromatic N) is 1. The highest BCUT2D eigenvalue weighted by atomic mass is 32.2. The largest absolute Gasteiger partial charge is 0.395 e. The number of hydrogen-bond acceptors (Lipinski definition) is 5. The summed E-state index contributed by atoms with van der Waals surface area (Å²) in [6.07, 6.45) is 0.881. The number of ether oxygens (including phenoxy) is 1. The SMILES string of the molecule is CO[C@@H]1C[C@@H](CO)N(CCNS(=O)(=O)c2ccccc2)C1. The molecule has 0 spiro atoms. The van der Waals surface area contributed by atoms with Gasteiger partial charge in [0.15, 0.2) is 0 Å². The van der Waals surface area contributed by atoms with E-state index in [-0.39, 0.29) is 23.6 Å². The van der Waals surface area contributed by atoms with Gasteiger partial charge in [0.25, 0.3) is 0 Å². The van der Waals surface area contributed by atoms with Crippen molar-refractivity contribution in [2.24, 2.45) is 0 Å². The Bertz CT molecular complexity index is 535. The third-order valence-electron chi connectivity index (χ3n) is 3.78. The lowest BCUT2D eigenvalue weighted by molar-refractivity contribution is 0.108. The third kappa shape index (κ3) is 4.24. The van der Waals surface area contributed by atoms with Crippen molar-refractivity contribution < 1.29 is 18.3 Å². The molecule has 0 bridgehead atoms. The Hall–Kier alpha value is -0.990. The molecule has 0 aliphatic carbocycles. The normalized spacial score (nSPS) is 23.5. The Morgan fingerprint density at radius 1 is 1.38 bits per heavy atom. The van der Waals surface area contributed by atoms with Gasteiger partial charge in [0, 0.05) is 32.8 Å². The van der Waals surface area contributed by atoms with Crippen LogP contribution in [0.25, 0.3) is 0 Å². The molecule has 1 aromatic rings. The molecule has 0 amide bonds. The number of rotatable bonds is 7. The van der Waals surface area contributed by atoms with Gasteiger partial charge < -0.3 is 9.84 Å². The summed E-state index contributed by atoms with van der Waals surface area (Å²) in [5.74, 6) is 0. The number of sulfonamides is 1. The Balaban J connectivity index is 1.87. The molecule has 1 aliphatic rings. The van der Waals surface area contributed by atoms with Crippen molar-refractivity contribution in [3.63, 3.8) is 0 Å². The molecule has 2 N–H and O–H groups in total. The van der Waals surface area contributed by atoms with Crippen molar-refractivity contribution in [2.45, 2.75) is 23.5 Å². The van der Waals surface area contributed by atoms with Crippen LogP contribution in [-0.4, -0.2) is 63.9 Å². The number of benzene rings is 1. The average molecular weight is 314 g/mol. The first-order chi connectivity index (χ1) is 10.1. The molecule has 7 heteroatoms. The third-order valence-corrected chi connectivity index (χ3v) is 5.26. The topological polar surface area (TPSA) is 78.9 Å². The van der Waals surface area contributed by atoms with Crippen LogP contribution < -0.4 is 4.72 Å². The molecule has 0 saturated carbocycles. The monoisotopic (exact) mass is 314 g/mol. The van der Waals surface area contributed by atoms with Gasteiger partial charge in [0.2, 0.25) is 10.0 Å². The van der Waals surface area contributed by atoms with Gasteiger partial charge in [-0.25, -0.2) is 13.1 Å². The quantitative estimate of drug-likeness (QED) is 0.743. The maximum atomic E-state index is 12.1. The smallest absolute Gasteiger partial charge is 0.240 e. The second kappa shape index (κ2) is 7.33. The Labute approximate surface area is 125 Å². The van der Waals surface area contributed by atoms with E-state index in [2.05, 4.69) is 9.62 Å². The van der Waals surface area contributed by atoms with Crippen molar-refractivity contribution in [2.75, 3.05) is 33.4 Å². The van der Waals surface area contributed by atoms with E-state index in [1.807, 2.05) is 0 Å². The molecule has 0 radical (unpaired) electrons. The van der Waals surface area contributed by atoms with E-state index in [0.717, 1.165) is 13.0 Å². The molecule has 0 aromatic heterocycles. The van der Waals surface area contributed by atoms with Crippen LogP contribution >= 0.6 is 0 Å². The van der Waals surface area contributed by atoms with Crippen LogP contribution in [0, 0.1) is 0 Å². The predicted molar refractivity (Wildman–Crippen MR) is 79.5 cm³/mol. The fourth-order valence-electron chi connectivity index (χ4n) is 2.58. The minimum Gasteiger partial charge on any atom is -0.395 e. The number of methoxy groups -OCH3 is 1. The minimum atomic E-state index is -3.47. The number of nitrogens with one attached hydrogen (secondary N) is 1. The number of hydrogen-bond donors (Lipinski definition) is 2. The Morgan fingerprint density at radius 2 is 2.10 bits per heavy atom. The molecule has 118 valence electrons.